The molecule has 0 saturated heterocycles. The Morgan fingerprint density at radius 3 is 2.95 bits per heavy atom. The Balaban J connectivity index is 2.14. The average molecular weight is 275 g/mol. The number of anilines is 1. The Hall–Kier alpha value is -1.85. The van der Waals surface area contributed by atoms with Gasteiger partial charge in [-0.25, -0.2) is 0 Å². The minimum Gasteiger partial charge on any atom is -0.383 e. The summed E-state index contributed by atoms with van der Waals surface area (Å²) in [6, 6.07) is 7.27. The predicted molar refractivity (Wildman–Crippen MR) is 80.7 cm³/mol. The van der Waals surface area contributed by atoms with Gasteiger partial charge in [-0.3, -0.25) is 4.79 Å². The summed E-state index contributed by atoms with van der Waals surface area (Å²) in [5.74, 6) is -0.237. The third-order valence-corrected chi connectivity index (χ3v) is 3.19. The monoisotopic (exact) mass is 275 g/mol. The number of nitrogens with zero attached hydrogens (tertiary/aromatic N) is 1. The molecule has 0 aliphatic carbocycles. The van der Waals surface area contributed by atoms with Crippen molar-refractivity contribution in [1.29, 1.82) is 0 Å². The van der Waals surface area contributed by atoms with Crippen LogP contribution in [-0.4, -0.2) is 30.2 Å². The highest BCUT2D eigenvalue weighted by atomic mass is 16.5. The second kappa shape index (κ2) is 6.54. The number of aryl methyl sites for hydroxylation is 1. The summed E-state index contributed by atoms with van der Waals surface area (Å²) in [5, 5.41) is 3.91. The molecule has 0 saturated carbocycles. The van der Waals surface area contributed by atoms with Gasteiger partial charge in [0.05, 0.1) is 6.61 Å². The minimum absolute atomic E-state index is 0.209. The number of carbonyl (C=O) groups is 1. The Labute approximate surface area is 118 Å². The Bertz CT molecular complexity index is 592. The number of nitrogens with one attached hydrogen (secondary N) is 1. The van der Waals surface area contributed by atoms with E-state index in [0.29, 0.717) is 0 Å². The quantitative estimate of drug-likeness (QED) is 0.846. The third kappa shape index (κ3) is 3.18. The van der Waals surface area contributed by atoms with E-state index in [-0.39, 0.29) is 12.5 Å². The van der Waals surface area contributed by atoms with Crippen molar-refractivity contribution in [2.75, 3.05) is 19.0 Å². The number of hydrogen-bond donors (Lipinski definition) is 2. The van der Waals surface area contributed by atoms with Gasteiger partial charge in [-0.1, -0.05) is 6.92 Å². The number of aromatic nitrogens is 1. The molecule has 108 valence electrons. The first kappa shape index (κ1) is 14.6. The Kier molecular flexibility index (Phi) is 4.76. The van der Waals surface area contributed by atoms with Crippen LogP contribution in [0.1, 0.15) is 13.3 Å². The van der Waals surface area contributed by atoms with Gasteiger partial charge in [0.25, 0.3) is 0 Å². The van der Waals surface area contributed by atoms with E-state index >= 15 is 0 Å². The number of amides is 1. The van der Waals surface area contributed by atoms with Gasteiger partial charge < -0.3 is 20.4 Å². The zero-order valence-electron chi connectivity index (χ0n) is 11.9. The Morgan fingerprint density at radius 2 is 2.25 bits per heavy atom. The number of rotatable bonds is 6. The molecule has 3 N–H and O–H groups in total. The summed E-state index contributed by atoms with van der Waals surface area (Å²) in [5.41, 5.74) is 7.62. The molecule has 1 amide bonds. The molecular weight excluding hydrogens is 254 g/mol. The second-order valence-corrected chi connectivity index (χ2v) is 4.83. The lowest BCUT2D eigenvalue weighted by atomic mass is 10.2. The Morgan fingerprint density at radius 1 is 1.45 bits per heavy atom. The van der Waals surface area contributed by atoms with E-state index in [9.17, 15) is 4.79 Å². The lowest BCUT2D eigenvalue weighted by Crippen LogP contribution is -2.39. The number of hydrogen-bond acceptors (Lipinski definition) is 3. The van der Waals surface area contributed by atoms with Crippen molar-refractivity contribution in [3.63, 3.8) is 0 Å². The zero-order chi connectivity index (χ0) is 14.5. The van der Waals surface area contributed by atoms with Crippen LogP contribution in [0, 0.1) is 0 Å². The van der Waals surface area contributed by atoms with Crippen LogP contribution in [0.4, 0.5) is 5.69 Å². The highest BCUT2D eigenvalue weighted by Crippen LogP contribution is 2.21. The van der Waals surface area contributed by atoms with Crippen molar-refractivity contribution >= 4 is 22.5 Å². The molecule has 2 rings (SSSR count). The molecule has 1 heterocycles. The number of ether oxygens (including phenoxy) is 1. The zero-order valence-corrected chi connectivity index (χ0v) is 11.9. The molecule has 1 aromatic heterocycles. The molecule has 20 heavy (non-hydrogen) atoms. The fourth-order valence-corrected chi connectivity index (χ4v) is 2.20. The molecular formula is C15H21N3O2. The molecule has 0 fully saturated rings. The minimum atomic E-state index is -0.652. The fraction of sp³-hybridized carbons (Fsp3) is 0.400. The molecule has 0 spiro atoms. The number of benzene rings is 1. The highest BCUT2D eigenvalue weighted by Gasteiger charge is 2.13. The molecule has 1 aromatic carbocycles. The van der Waals surface area contributed by atoms with Gasteiger partial charge in [-0.15, -0.1) is 0 Å². The van der Waals surface area contributed by atoms with Gasteiger partial charge in [0.2, 0.25) is 5.91 Å². The van der Waals surface area contributed by atoms with Gasteiger partial charge in [-0.05, 0) is 30.7 Å². The van der Waals surface area contributed by atoms with E-state index in [4.69, 9.17) is 10.5 Å². The molecule has 0 aliphatic rings. The molecule has 2 aromatic rings. The largest absolute Gasteiger partial charge is 0.383 e. The fourth-order valence-electron chi connectivity index (χ4n) is 2.20. The van der Waals surface area contributed by atoms with E-state index in [0.717, 1.165) is 24.0 Å². The molecule has 0 aliphatic heterocycles. The third-order valence-electron chi connectivity index (χ3n) is 3.19. The maximum Gasteiger partial charge on any atom is 0.243 e. The van der Waals surface area contributed by atoms with Crippen molar-refractivity contribution in [3.8, 4) is 0 Å². The van der Waals surface area contributed by atoms with Gasteiger partial charge in [0, 0.05) is 36.4 Å². The van der Waals surface area contributed by atoms with E-state index in [1.54, 1.807) is 0 Å². The van der Waals surface area contributed by atoms with E-state index in [2.05, 4.69) is 29.1 Å². The van der Waals surface area contributed by atoms with E-state index < -0.39 is 6.04 Å². The standard InChI is InChI=1S/C15H21N3O2/c1-3-7-18-8-6-11-9-12(4-5-14(11)18)17-15(19)13(16)10-20-2/h4-6,8-9,13H,3,7,10,16H2,1-2H3,(H,17,19). The van der Waals surface area contributed by atoms with Crippen LogP contribution in [0.3, 0.4) is 0 Å². The summed E-state index contributed by atoms with van der Waals surface area (Å²) in [4.78, 5) is 11.8. The van der Waals surface area contributed by atoms with E-state index in [1.807, 2.05) is 18.2 Å². The van der Waals surface area contributed by atoms with Crippen LogP contribution in [-0.2, 0) is 16.1 Å². The van der Waals surface area contributed by atoms with Gasteiger partial charge in [-0.2, -0.15) is 0 Å². The van der Waals surface area contributed by atoms with Crippen LogP contribution < -0.4 is 11.1 Å². The first-order valence-corrected chi connectivity index (χ1v) is 6.80. The molecule has 1 unspecified atom stereocenters. The van der Waals surface area contributed by atoms with Gasteiger partial charge in [0.1, 0.15) is 6.04 Å². The molecule has 0 radical (unpaired) electrons. The molecule has 1 atom stereocenters. The lowest BCUT2D eigenvalue weighted by molar-refractivity contribution is -0.118. The van der Waals surface area contributed by atoms with Crippen LogP contribution in [0.5, 0.6) is 0 Å². The van der Waals surface area contributed by atoms with Gasteiger partial charge in [0.15, 0.2) is 0 Å². The van der Waals surface area contributed by atoms with Crippen LogP contribution in [0.25, 0.3) is 10.9 Å². The van der Waals surface area contributed by atoms with Crippen molar-refractivity contribution in [3.05, 3.63) is 30.5 Å². The first-order chi connectivity index (χ1) is 9.65. The number of carbonyl (C=O) groups excluding carboxylic acids is 1. The number of nitrogens with two attached hydrogens (primary N) is 1. The van der Waals surface area contributed by atoms with Crippen LogP contribution in [0.2, 0.25) is 0 Å². The maximum absolute atomic E-state index is 11.8. The second-order valence-electron chi connectivity index (χ2n) is 4.83. The van der Waals surface area contributed by atoms with E-state index in [1.165, 1.54) is 12.6 Å². The topological polar surface area (TPSA) is 69.3 Å². The van der Waals surface area contributed by atoms with Crippen molar-refractivity contribution in [1.82, 2.24) is 4.57 Å². The van der Waals surface area contributed by atoms with Crippen molar-refractivity contribution in [2.45, 2.75) is 25.9 Å². The molecule has 0 bridgehead atoms. The lowest BCUT2D eigenvalue weighted by Gasteiger charge is -2.11. The van der Waals surface area contributed by atoms with Crippen LogP contribution >= 0.6 is 0 Å². The summed E-state index contributed by atoms with van der Waals surface area (Å²) in [7, 11) is 1.52. The summed E-state index contributed by atoms with van der Waals surface area (Å²) in [6.45, 7) is 3.35. The SMILES string of the molecule is CCCn1ccc2cc(NC(=O)C(N)COC)ccc21. The van der Waals surface area contributed by atoms with Crippen LogP contribution in [0.15, 0.2) is 30.5 Å². The summed E-state index contributed by atoms with van der Waals surface area (Å²) in [6.07, 6.45) is 3.16. The van der Waals surface area contributed by atoms with Gasteiger partial charge >= 0.3 is 0 Å². The highest BCUT2D eigenvalue weighted by molar-refractivity contribution is 5.96. The van der Waals surface area contributed by atoms with Crippen molar-refractivity contribution < 1.29 is 9.53 Å². The van der Waals surface area contributed by atoms with Crippen molar-refractivity contribution in [2.24, 2.45) is 5.73 Å². The number of fused-ring (bicyclic) bond motifs is 1. The maximum atomic E-state index is 11.8. The number of methoxy groups -OCH3 is 1. The average Bonchev–Trinajstić information content (AvgIpc) is 2.82. The predicted octanol–water partition coefficient (Wildman–Crippen LogP) is 1.96. The summed E-state index contributed by atoms with van der Waals surface area (Å²) < 4.78 is 7.08. The smallest absolute Gasteiger partial charge is 0.243 e. The molecule has 5 nitrogen and oxygen atoms in total. The molecule has 5 heteroatoms. The first-order valence-electron chi connectivity index (χ1n) is 6.80. The summed E-state index contributed by atoms with van der Waals surface area (Å²) >= 11 is 0. The normalized spacial score (nSPS) is 12.6.